The van der Waals surface area contributed by atoms with Crippen LogP contribution in [0.2, 0.25) is 0 Å². The third kappa shape index (κ3) is 2.53. The monoisotopic (exact) mass is 355 g/mol. The molecule has 0 saturated heterocycles. The van der Waals surface area contributed by atoms with Gasteiger partial charge < -0.3 is 4.52 Å². The summed E-state index contributed by atoms with van der Waals surface area (Å²) in [7, 11) is 0. The normalized spacial score (nSPS) is 11.1. The standard InChI is InChI=1S/C20H13N5O2/c26-18-13-17(14-7-3-1-4-8-14)21-20-24(18)19(16-11-12-27-23-16)22-25(20)15-9-5-2-6-10-15/h1-13H. The van der Waals surface area contributed by atoms with Crippen LogP contribution < -0.4 is 5.56 Å². The second kappa shape index (κ2) is 6.06. The average molecular weight is 355 g/mol. The van der Waals surface area contributed by atoms with Crippen LogP contribution in [-0.4, -0.2) is 24.3 Å². The summed E-state index contributed by atoms with van der Waals surface area (Å²) in [6.45, 7) is 0. The van der Waals surface area contributed by atoms with E-state index in [4.69, 9.17) is 9.51 Å². The Morgan fingerprint density at radius 3 is 2.30 bits per heavy atom. The summed E-state index contributed by atoms with van der Waals surface area (Å²) in [6, 6.07) is 22.3. The highest BCUT2D eigenvalue weighted by Gasteiger charge is 2.19. The van der Waals surface area contributed by atoms with Gasteiger partial charge in [0.25, 0.3) is 5.56 Å². The predicted molar refractivity (Wildman–Crippen MR) is 99.5 cm³/mol. The van der Waals surface area contributed by atoms with Crippen LogP contribution in [0.15, 0.2) is 88.4 Å². The first-order valence-electron chi connectivity index (χ1n) is 8.36. The molecular weight excluding hydrogens is 342 g/mol. The van der Waals surface area contributed by atoms with Crippen LogP contribution in [0.3, 0.4) is 0 Å². The molecule has 7 nitrogen and oxygen atoms in total. The van der Waals surface area contributed by atoms with Crippen LogP contribution in [0, 0.1) is 0 Å². The maximum atomic E-state index is 12.9. The molecule has 2 aromatic carbocycles. The summed E-state index contributed by atoms with van der Waals surface area (Å²) in [5.41, 5.74) is 2.47. The molecule has 27 heavy (non-hydrogen) atoms. The number of fused-ring (bicyclic) bond motifs is 1. The fourth-order valence-electron chi connectivity index (χ4n) is 2.99. The highest BCUT2D eigenvalue weighted by molar-refractivity contribution is 5.63. The van der Waals surface area contributed by atoms with Gasteiger partial charge >= 0.3 is 0 Å². The molecule has 0 spiro atoms. The first-order chi connectivity index (χ1) is 13.3. The maximum absolute atomic E-state index is 12.9. The van der Waals surface area contributed by atoms with E-state index in [2.05, 4.69) is 10.3 Å². The Morgan fingerprint density at radius 1 is 0.852 bits per heavy atom. The van der Waals surface area contributed by atoms with Gasteiger partial charge in [0.05, 0.1) is 11.4 Å². The van der Waals surface area contributed by atoms with Crippen molar-refractivity contribution < 1.29 is 4.52 Å². The second-order valence-corrected chi connectivity index (χ2v) is 5.94. The van der Waals surface area contributed by atoms with E-state index >= 15 is 0 Å². The summed E-state index contributed by atoms with van der Waals surface area (Å²) < 4.78 is 8.01. The van der Waals surface area contributed by atoms with Crippen molar-refractivity contribution in [3.63, 3.8) is 0 Å². The molecule has 7 heteroatoms. The lowest BCUT2D eigenvalue weighted by Gasteiger charge is -2.04. The largest absolute Gasteiger partial charge is 0.364 e. The Hall–Kier alpha value is -4.00. The molecule has 5 aromatic rings. The lowest BCUT2D eigenvalue weighted by atomic mass is 10.1. The smallest absolute Gasteiger partial charge is 0.261 e. The molecule has 3 aromatic heterocycles. The van der Waals surface area contributed by atoms with Crippen LogP contribution in [0.4, 0.5) is 0 Å². The Bertz CT molecular complexity index is 1270. The summed E-state index contributed by atoms with van der Waals surface area (Å²) in [6.07, 6.45) is 1.44. The second-order valence-electron chi connectivity index (χ2n) is 5.94. The molecule has 0 bridgehead atoms. The SMILES string of the molecule is O=c1cc(-c2ccccc2)nc2n(-c3ccccc3)nc(-c3ccon3)n12. The van der Waals surface area contributed by atoms with Crippen molar-refractivity contribution in [2.45, 2.75) is 0 Å². The Labute approximate surface area is 153 Å². The lowest BCUT2D eigenvalue weighted by Crippen LogP contribution is -2.15. The highest BCUT2D eigenvalue weighted by atomic mass is 16.5. The van der Waals surface area contributed by atoms with E-state index in [1.807, 2.05) is 60.7 Å². The molecule has 3 heterocycles. The predicted octanol–water partition coefficient (Wildman–Crippen LogP) is 3.20. The molecule has 0 aliphatic carbocycles. The first-order valence-corrected chi connectivity index (χ1v) is 8.36. The van der Waals surface area contributed by atoms with Gasteiger partial charge in [0.2, 0.25) is 5.78 Å². The number of rotatable bonds is 3. The van der Waals surface area contributed by atoms with Crippen molar-refractivity contribution in [3.8, 4) is 28.5 Å². The van der Waals surface area contributed by atoms with E-state index in [0.29, 0.717) is 23.0 Å². The zero-order valence-corrected chi connectivity index (χ0v) is 14.1. The van der Waals surface area contributed by atoms with Crippen LogP contribution in [-0.2, 0) is 0 Å². The zero-order chi connectivity index (χ0) is 18.2. The Kier molecular flexibility index (Phi) is 3.43. The van der Waals surface area contributed by atoms with Gasteiger partial charge in [-0.25, -0.2) is 9.38 Å². The molecular formula is C20H13N5O2. The van der Waals surface area contributed by atoms with Gasteiger partial charge in [-0.1, -0.05) is 53.7 Å². The van der Waals surface area contributed by atoms with Gasteiger partial charge in [0, 0.05) is 17.7 Å². The van der Waals surface area contributed by atoms with E-state index < -0.39 is 0 Å². The minimum atomic E-state index is -0.237. The minimum Gasteiger partial charge on any atom is -0.364 e. The van der Waals surface area contributed by atoms with Gasteiger partial charge in [-0.15, -0.1) is 5.10 Å². The highest BCUT2D eigenvalue weighted by Crippen LogP contribution is 2.21. The van der Waals surface area contributed by atoms with Gasteiger partial charge in [-0.2, -0.15) is 4.68 Å². The number of nitrogens with zero attached hydrogens (tertiary/aromatic N) is 5. The lowest BCUT2D eigenvalue weighted by molar-refractivity contribution is 0.421. The van der Waals surface area contributed by atoms with Crippen LogP contribution >= 0.6 is 0 Å². The molecule has 5 rings (SSSR count). The van der Waals surface area contributed by atoms with Crippen molar-refractivity contribution in [3.05, 3.63) is 89.4 Å². The molecule has 0 fully saturated rings. The number of hydrogen-bond acceptors (Lipinski definition) is 5. The van der Waals surface area contributed by atoms with Crippen LogP contribution in [0.1, 0.15) is 0 Å². The van der Waals surface area contributed by atoms with Crippen molar-refractivity contribution in [2.75, 3.05) is 0 Å². The fraction of sp³-hybridized carbons (Fsp3) is 0. The topological polar surface area (TPSA) is 78.2 Å². The van der Waals surface area contributed by atoms with Gasteiger partial charge in [0.15, 0.2) is 11.5 Å². The Morgan fingerprint density at radius 2 is 1.59 bits per heavy atom. The molecule has 0 atom stereocenters. The summed E-state index contributed by atoms with van der Waals surface area (Å²) in [4.78, 5) is 17.7. The number of hydrogen-bond donors (Lipinski definition) is 0. The third-order valence-corrected chi connectivity index (χ3v) is 4.23. The number of aromatic nitrogens is 5. The van der Waals surface area contributed by atoms with Gasteiger partial charge in [0.1, 0.15) is 6.26 Å². The summed E-state index contributed by atoms with van der Waals surface area (Å²) >= 11 is 0. The Balaban J connectivity index is 1.85. The van der Waals surface area contributed by atoms with Crippen molar-refractivity contribution in [1.82, 2.24) is 24.3 Å². The number of benzene rings is 2. The van der Waals surface area contributed by atoms with E-state index in [1.54, 1.807) is 10.7 Å². The molecule has 0 amide bonds. The molecule has 0 unspecified atom stereocenters. The van der Waals surface area contributed by atoms with Gasteiger partial charge in [-0.05, 0) is 12.1 Å². The van der Waals surface area contributed by atoms with E-state index in [9.17, 15) is 4.79 Å². The van der Waals surface area contributed by atoms with Crippen molar-refractivity contribution in [2.24, 2.45) is 0 Å². The van der Waals surface area contributed by atoms with E-state index in [0.717, 1.165) is 11.3 Å². The maximum Gasteiger partial charge on any atom is 0.261 e. The van der Waals surface area contributed by atoms with E-state index in [-0.39, 0.29) is 5.56 Å². The van der Waals surface area contributed by atoms with Crippen LogP contribution in [0.5, 0.6) is 0 Å². The molecule has 130 valence electrons. The third-order valence-electron chi connectivity index (χ3n) is 4.23. The van der Waals surface area contributed by atoms with Gasteiger partial charge in [-0.3, -0.25) is 4.79 Å². The van der Waals surface area contributed by atoms with Crippen molar-refractivity contribution in [1.29, 1.82) is 0 Å². The zero-order valence-electron chi connectivity index (χ0n) is 14.1. The molecule has 0 N–H and O–H groups in total. The van der Waals surface area contributed by atoms with Crippen LogP contribution in [0.25, 0.3) is 34.2 Å². The molecule has 0 aliphatic heterocycles. The van der Waals surface area contributed by atoms with Crippen molar-refractivity contribution >= 4 is 5.78 Å². The quantitative estimate of drug-likeness (QED) is 0.497. The number of para-hydroxylation sites is 1. The first kappa shape index (κ1) is 15.3. The summed E-state index contributed by atoms with van der Waals surface area (Å²) in [5, 5.41) is 8.52. The average Bonchev–Trinajstić information content (AvgIpc) is 3.37. The molecule has 0 saturated carbocycles. The fourth-order valence-corrected chi connectivity index (χ4v) is 2.99. The molecule has 0 aliphatic rings. The summed E-state index contributed by atoms with van der Waals surface area (Å²) in [5.74, 6) is 0.783. The minimum absolute atomic E-state index is 0.237. The van der Waals surface area contributed by atoms with E-state index in [1.165, 1.54) is 16.7 Å². The molecule has 0 radical (unpaired) electrons.